The molecule has 3 aromatic rings. The van der Waals surface area contributed by atoms with Gasteiger partial charge in [-0.3, -0.25) is 4.90 Å². The van der Waals surface area contributed by atoms with Crippen LogP contribution in [0.2, 0.25) is 0 Å². The molecule has 1 aliphatic rings. The van der Waals surface area contributed by atoms with Gasteiger partial charge in [-0.2, -0.15) is 0 Å². The first-order valence-corrected chi connectivity index (χ1v) is 11.4. The number of rotatable bonds is 10. The Kier molecular flexibility index (Phi) is 7.52. The second-order valence-corrected chi connectivity index (χ2v) is 8.64. The molecular formula is C26H33N3O4. The first kappa shape index (κ1) is 23.1. The summed E-state index contributed by atoms with van der Waals surface area (Å²) in [6, 6.07) is 15.7. The third-order valence-corrected chi connectivity index (χ3v) is 6.03. The Morgan fingerprint density at radius 3 is 2.70 bits per heavy atom. The fraction of sp³-hybridized carbons (Fsp3) is 0.423. The van der Waals surface area contributed by atoms with E-state index in [1.807, 2.05) is 55.6 Å². The van der Waals surface area contributed by atoms with Gasteiger partial charge >= 0.3 is 0 Å². The van der Waals surface area contributed by atoms with Gasteiger partial charge in [-0.15, -0.1) is 0 Å². The number of nitrogens with zero attached hydrogens (tertiary/aromatic N) is 3. The van der Waals surface area contributed by atoms with Gasteiger partial charge < -0.3 is 23.9 Å². The molecule has 0 aliphatic carbocycles. The van der Waals surface area contributed by atoms with E-state index in [2.05, 4.69) is 20.5 Å². The van der Waals surface area contributed by atoms with Gasteiger partial charge in [0, 0.05) is 25.5 Å². The number of ether oxygens (including phenoxy) is 3. The topological polar surface area (TPSA) is 69.0 Å². The minimum absolute atomic E-state index is 0.292. The van der Waals surface area contributed by atoms with E-state index >= 15 is 0 Å². The summed E-state index contributed by atoms with van der Waals surface area (Å²) >= 11 is 0. The maximum atomic E-state index is 11.1. The smallest absolute Gasteiger partial charge is 0.161 e. The normalized spacial score (nSPS) is 18.8. The number of aryl methyl sites for hydroxylation is 1. The number of methoxy groups -OCH3 is 1. The zero-order valence-electron chi connectivity index (χ0n) is 19.4. The monoisotopic (exact) mass is 451 g/mol. The van der Waals surface area contributed by atoms with Crippen LogP contribution in [0.4, 0.5) is 0 Å². The molecule has 0 bridgehead atoms. The van der Waals surface area contributed by atoms with E-state index in [9.17, 15) is 5.11 Å². The van der Waals surface area contributed by atoms with Crippen LogP contribution in [0.5, 0.6) is 17.2 Å². The van der Waals surface area contributed by atoms with Crippen molar-refractivity contribution in [2.24, 2.45) is 0 Å². The zero-order chi connectivity index (χ0) is 23.1. The maximum Gasteiger partial charge on any atom is 0.161 e. The number of likely N-dealkylation sites (tertiary alicyclic amines) is 1. The first-order valence-electron chi connectivity index (χ1n) is 11.4. The third kappa shape index (κ3) is 6.27. The van der Waals surface area contributed by atoms with E-state index in [4.69, 9.17) is 14.2 Å². The first-order chi connectivity index (χ1) is 16.0. The molecule has 0 saturated carbocycles. The van der Waals surface area contributed by atoms with Crippen LogP contribution in [-0.2, 0) is 13.1 Å². The average molecular weight is 452 g/mol. The molecule has 7 heteroatoms. The summed E-state index contributed by atoms with van der Waals surface area (Å²) in [5.41, 5.74) is 0.269. The van der Waals surface area contributed by atoms with E-state index < -0.39 is 5.60 Å². The summed E-state index contributed by atoms with van der Waals surface area (Å²) in [5, 5.41) is 11.1. The Bertz CT molecular complexity index is 1020. The number of aromatic nitrogens is 2. The van der Waals surface area contributed by atoms with Crippen molar-refractivity contribution in [2.75, 3.05) is 33.4 Å². The molecule has 0 unspecified atom stereocenters. The van der Waals surface area contributed by atoms with Crippen LogP contribution in [0.3, 0.4) is 0 Å². The van der Waals surface area contributed by atoms with Crippen LogP contribution in [0.25, 0.3) is 0 Å². The molecule has 33 heavy (non-hydrogen) atoms. The summed E-state index contributed by atoms with van der Waals surface area (Å²) in [6.07, 6.45) is 5.41. The van der Waals surface area contributed by atoms with Gasteiger partial charge in [0.2, 0.25) is 0 Å². The molecule has 1 aliphatic heterocycles. The predicted octanol–water partition coefficient (Wildman–Crippen LogP) is 3.69. The van der Waals surface area contributed by atoms with Crippen LogP contribution < -0.4 is 14.2 Å². The van der Waals surface area contributed by atoms with Crippen molar-refractivity contribution in [2.45, 2.75) is 38.5 Å². The lowest BCUT2D eigenvalue weighted by Crippen LogP contribution is -2.51. The second kappa shape index (κ2) is 10.7. The molecule has 1 aromatic heterocycles. The van der Waals surface area contributed by atoms with Crippen molar-refractivity contribution in [3.8, 4) is 17.2 Å². The number of hydrogen-bond donors (Lipinski definition) is 1. The van der Waals surface area contributed by atoms with Crippen LogP contribution in [0, 0.1) is 6.92 Å². The van der Waals surface area contributed by atoms with E-state index in [0.717, 1.165) is 61.1 Å². The molecule has 7 nitrogen and oxygen atoms in total. The summed E-state index contributed by atoms with van der Waals surface area (Å²) in [4.78, 5) is 6.51. The fourth-order valence-corrected chi connectivity index (χ4v) is 4.28. The highest BCUT2D eigenvalue weighted by Gasteiger charge is 2.34. The number of imidazole rings is 1. The molecule has 2 heterocycles. The van der Waals surface area contributed by atoms with Gasteiger partial charge in [-0.05, 0) is 56.1 Å². The Morgan fingerprint density at radius 2 is 1.94 bits per heavy atom. The Morgan fingerprint density at radius 1 is 1.09 bits per heavy atom. The summed E-state index contributed by atoms with van der Waals surface area (Å²) in [6.45, 7) is 5.79. The molecule has 2 aromatic carbocycles. The van der Waals surface area contributed by atoms with E-state index in [1.165, 1.54) is 0 Å². The predicted molar refractivity (Wildman–Crippen MR) is 127 cm³/mol. The van der Waals surface area contributed by atoms with Crippen molar-refractivity contribution in [1.29, 1.82) is 0 Å². The number of benzene rings is 2. The van der Waals surface area contributed by atoms with Crippen LogP contribution in [0.15, 0.2) is 60.9 Å². The molecule has 1 N–H and O–H groups in total. The van der Waals surface area contributed by atoms with Crippen molar-refractivity contribution in [3.05, 3.63) is 72.3 Å². The SMILES string of the molecule is COc1cc(CN2CCC[C@](O)(COc3ccccc3)C2)ccc1OCCn1ccnc1C. The van der Waals surface area contributed by atoms with Crippen LogP contribution >= 0.6 is 0 Å². The highest BCUT2D eigenvalue weighted by molar-refractivity contribution is 5.43. The van der Waals surface area contributed by atoms with E-state index in [-0.39, 0.29) is 0 Å². The minimum atomic E-state index is -0.854. The molecule has 0 spiro atoms. The molecule has 1 fully saturated rings. The van der Waals surface area contributed by atoms with Gasteiger partial charge in [0.25, 0.3) is 0 Å². The molecular weight excluding hydrogens is 418 g/mol. The van der Waals surface area contributed by atoms with E-state index in [1.54, 1.807) is 13.3 Å². The van der Waals surface area contributed by atoms with E-state index in [0.29, 0.717) is 19.8 Å². The summed E-state index contributed by atoms with van der Waals surface area (Å²) < 4.78 is 19.5. The van der Waals surface area contributed by atoms with Gasteiger partial charge in [-0.25, -0.2) is 4.98 Å². The highest BCUT2D eigenvalue weighted by Crippen LogP contribution is 2.30. The third-order valence-electron chi connectivity index (χ3n) is 6.03. The van der Waals surface area contributed by atoms with Gasteiger partial charge in [0.05, 0.1) is 13.7 Å². The fourth-order valence-electron chi connectivity index (χ4n) is 4.28. The van der Waals surface area contributed by atoms with Crippen molar-refractivity contribution >= 4 is 0 Å². The lowest BCUT2D eigenvalue weighted by atomic mass is 9.93. The number of β-amino-alcohol motifs (C(OH)–C–C–N with tert-alkyl or cyclic N) is 1. The largest absolute Gasteiger partial charge is 0.493 e. The van der Waals surface area contributed by atoms with Crippen molar-refractivity contribution in [1.82, 2.24) is 14.5 Å². The van der Waals surface area contributed by atoms with Gasteiger partial charge in [0.1, 0.15) is 30.4 Å². The zero-order valence-corrected chi connectivity index (χ0v) is 19.4. The quantitative estimate of drug-likeness (QED) is 0.507. The standard InChI is InChI=1S/C26H33N3O4/c1-21-27-12-14-29(21)15-16-32-24-10-9-22(17-25(24)31-2)18-28-13-6-11-26(30,19-28)20-33-23-7-4-3-5-8-23/h3-5,7-10,12,14,17,30H,6,11,13,15-16,18-20H2,1-2H3/t26-/m1/s1. The minimum Gasteiger partial charge on any atom is -0.493 e. The van der Waals surface area contributed by atoms with Crippen LogP contribution in [-0.4, -0.2) is 58.6 Å². The van der Waals surface area contributed by atoms with Crippen molar-refractivity contribution < 1.29 is 19.3 Å². The Labute approximate surface area is 195 Å². The Hall–Kier alpha value is -3.03. The van der Waals surface area contributed by atoms with Gasteiger partial charge in [-0.1, -0.05) is 24.3 Å². The summed E-state index contributed by atoms with van der Waals surface area (Å²) in [7, 11) is 1.66. The highest BCUT2D eigenvalue weighted by atomic mass is 16.5. The average Bonchev–Trinajstić information content (AvgIpc) is 3.24. The number of para-hydroxylation sites is 1. The Balaban J connectivity index is 1.32. The van der Waals surface area contributed by atoms with Crippen molar-refractivity contribution in [3.63, 3.8) is 0 Å². The van der Waals surface area contributed by atoms with Gasteiger partial charge in [0.15, 0.2) is 11.5 Å². The second-order valence-electron chi connectivity index (χ2n) is 8.64. The number of piperidine rings is 1. The lowest BCUT2D eigenvalue weighted by Gasteiger charge is -2.39. The summed E-state index contributed by atoms with van der Waals surface area (Å²) in [5.74, 6) is 3.20. The molecule has 176 valence electrons. The molecule has 1 saturated heterocycles. The lowest BCUT2D eigenvalue weighted by molar-refractivity contribution is -0.0621. The van der Waals surface area contributed by atoms with Crippen LogP contribution in [0.1, 0.15) is 24.2 Å². The molecule has 0 radical (unpaired) electrons. The number of hydrogen-bond acceptors (Lipinski definition) is 6. The molecule has 1 atom stereocenters. The molecule has 4 rings (SSSR count). The number of aliphatic hydroxyl groups is 1. The maximum absolute atomic E-state index is 11.1. The molecule has 0 amide bonds.